The molecule has 0 bridgehead atoms. The number of nitrogens with one attached hydrogen (secondary N) is 1. The van der Waals surface area contributed by atoms with Crippen molar-refractivity contribution in [3.05, 3.63) is 83.9 Å². The van der Waals surface area contributed by atoms with E-state index in [1.807, 2.05) is 53.1 Å². The zero-order valence-electron chi connectivity index (χ0n) is 15.2. The molecule has 1 atom stereocenters. The number of rotatable bonds is 4. The van der Waals surface area contributed by atoms with Crippen LogP contribution >= 0.6 is 0 Å². The molecule has 1 aromatic heterocycles. The second-order valence-electron chi connectivity index (χ2n) is 6.73. The summed E-state index contributed by atoms with van der Waals surface area (Å²) in [4.78, 5) is 30.3. The van der Waals surface area contributed by atoms with Crippen molar-refractivity contribution < 1.29 is 14.7 Å². The van der Waals surface area contributed by atoms with Gasteiger partial charge in [-0.3, -0.25) is 0 Å². The van der Waals surface area contributed by atoms with Crippen molar-refractivity contribution >= 4 is 17.7 Å². The molecule has 1 aliphatic rings. The van der Waals surface area contributed by atoms with E-state index in [0.29, 0.717) is 12.2 Å². The molecular formula is C21H20N4O3. The lowest BCUT2D eigenvalue weighted by Crippen LogP contribution is -2.50. The summed E-state index contributed by atoms with van der Waals surface area (Å²) < 4.78 is 1.98. The molecular weight excluding hydrogens is 356 g/mol. The minimum Gasteiger partial charge on any atom is -0.480 e. The second kappa shape index (κ2) is 7.56. The van der Waals surface area contributed by atoms with Crippen LogP contribution in [0, 0.1) is 0 Å². The van der Waals surface area contributed by atoms with Gasteiger partial charge < -0.3 is 19.9 Å². The van der Waals surface area contributed by atoms with Crippen LogP contribution in [0.5, 0.6) is 0 Å². The smallest absolute Gasteiger partial charge is 0.326 e. The van der Waals surface area contributed by atoms with Crippen molar-refractivity contribution in [3.63, 3.8) is 0 Å². The Morgan fingerprint density at radius 2 is 1.75 bits per heavy atom. The summed E-state index contributed by atoms with van der Waals surface area (Å²) in [7, 11) is 0. The van der Waals surface area contributed by atoms with Crippen LogP contribution in [0.3, 0.4) is 0 Å². The molecule has 1 aliphatic heterocycles. The second-order valence-corrected chi connectivity index (χ2v) is 6.73. The van der Waals surface area contributed by atoms with Crippen LogP contribution in [0.15, 0.2) is 67.0 Å². The van der Waals surface area contributed by atoms with Crippen LogP contribution in [0.4, 0.5) is 10.5 Å². The molecule has 0 spiro atoms. The van der Waals surface area contributed by atoms with E-state index in [1.54, 1.807) is 18.5 Å². The third kappa shape index (κ3) is 3.59. The molecule has 7 nitrogen and oxygen atoms in total. The number of anilines is 1. The minimum atomic E-state index is -1.04. The van der Waals surface area contributed by atoms with Gasteiger partial charge in [0.05, 0.1) is 24.3 Å². The average molecular weight is 376 g/mol. The van der Waals surface area contributed by atoms with Crippen LogP contribution in [0.25, 0.3) is 0 Å². The van der Waals surface area contributed by atoms with Gasteiger partial charge in [0, 0.05) is 18.7 Å². The van der Waals surface area contributed by atoms with Crippen molar-refractivity contribution in [1.82, 2.24) is 14.5 Å². The standard InChI is InChI=1S/C21H20N4O3/c26-20(27)18-11-17-19(24(14-22-17)12-15-7-3-1-4-8-15)13-25(18)21(28)23-16-9-5-2-6-10-16/h1-10,14,18H,11-13H2,(H,23,28)(H,26,27). The van der Waals surface area contributed by atoms with E-state index in [-0.39, 0.29) is 13.0 Å². The van der Waals surface area contributed by atoms with E-state index >= 15 is 0 Å². The van der Waals surface area contributed by atoms with Gasteiger partial charge >= 0.3 is 12.0 Å². The molecule has 2 amide bonds. The molecule has 2 heterocycles. The van der Waals surface area contributed by atoms with E-state index < -0.39 is 18.0 Å². The molecule has 3 aromatic rings. The van der Waals surface area contributed by atoms with E-state index in [0.717, 1.165) is 17.0 Å². The van der Waals surface area contributed by atoms with E-state index in [2.05, 4.69) is 10.3 Å². The minimum absolute atomic E-state index is 0.189. The first kappa shape index (κ1) is 17.8. The number of para-hydroxylation sites is 1. The summed E-state index contributed by atoms with van der Waals surface area (Å²) in [5.41, 5.74) is 3.33. The van der Waals surface area contributed by atoms with Crippen molar-refractivity contribution in [2.45, 2.75) is 25.6 Å². The summed E-state index contributed by atoms with van der Waals surface area (Å²) in [6, 6.07) is 17.6. The van der Waals surface area contributed by atoms with Gasteiger partial charge in [-0.2, -0.15) is 0 Å². The topological polar surface area (TPSA) is 87.5 Å². The number of aromatic nitrogens is 2. The lowest BCUT2D eigenvalue weighted by Gasteiger charge is -2.33. The number of urea groups is 1. The number of aliphatic carboxylic acids is 1. The Bertz CT molecular complexity index is 985. The Morgan fingerprint density at radius 1 is 1.07 bits per heavy atom. The fraction of sp³-hybridized carbons (Fsp3) is 0.190. The molecule has 7 heteroatoms. The van der Waals surface area contributed by atoms with Gasteiger partial charge in [0.15, 0.2) is 0 Å². The fourth-order valence-corrected chi connectivity index (χ4v) is 3.43. The quantitative estimate of drug-likeness (QED) is 0.733. The van der Waals surface area contributed by atoms with Gasteiger partial charge in [0.2, 0.25) is 0 Å². The van der Waals surface area contributed by atoms with Gasteiger partial charge in [0.1, 0.15) is 6.04 Å². The molecule has 2 aromatic carbocycles. The van der Waals surface area contributed by atoms with E-state index in [9.17, 15) is 14.7 Å². The lowest BCUT2D eigenvalue weighted by atomic mass is 10.0. The van der Waals surface area contributed by atoms with Crippen molar-refractivity contribution in [2.24, 2.45) is 0 Å². The van der Waals surface area contributed by atoms with Crippen molar-refractivity contribution in [3.8, 4) is 0 Å². The highest BCUT2D eigenvalue weighted by Crippen LogP contribution is 2.24. The summed E-state index contributed by atoms with van der Waals surface area (Å²) in [6.07, 6.45) is 1.91. The molecule has 0 aliphatic carbocycles. The summed E-state index contributed by atoms with van der Waals surface area (Å²) >= 11 is 0. The summed E-state index contributed by atoms with van der Waals surface area (Å²) in [5.74, 6) is -1.04. The Hall–Kier alpha value is -3.61. The van der Waals surface area contributed by atoms with Crippen LogP contribution in [-0.2, 0) is 24.3 Å². The number of hydrogen-bond acceptors (Lipinski definition) is 3. The summed E-state index contributed by atoms with van der Waals surface area (Å²) in [6.45, 7) is 0.812. The number of carbonyl (C=O) groups is 2. The number of hydrogen-bond donors (Lipinski definition) is 2. The first-order valence-corrected chi connectivity index (χ1v) is 9.04. The monoisotopic (exact) mass is 376 g/mol. The molecule has 28 heavy (non-hydrogen) atoms. The highest BCUT2D eigenvalue weighted by atomic mass is 16.4. The predicted octanol–water partition coefficient (Wildman–Crippen LogP) is 2.97. The largest absolute Gasteiger partial charge is 0.480 e. The number of carbonyl (C=O) groups excluding carboxylic acids is 1. The SMILES string of the molecule is O=C(O)C1Cc2ncn(Cc3ccccc3)c2CN1C(=O)Nc1ccccc1. The first-order chi connectivity index (χ1) is 13.6. The molecule has 142 valence electrons. The van der Waals surface area contributed by atoms with Crippen molar-refractivity contribution in [1.29, 1.82) is 0 Å². The molecule has 0 radical (unpaired) electrons. The van der Waals surface area contributed by atoms with Gasteiger partial charge in [-0.1, -0.05) is 48.5 Å². The number of benzene rings is 2. The maximum absolute atomic E-state index is 12.8. The fourth-order valence-electron chi connectivity index (χ4n) is 3.43. The molecule has 0 fully saturated rings. The van der Waals surface area contributed by atoms with Crippen molar-refractivity contribution in [2.75, 3.05) is 5.32 Å². The van der Waals surface area contributed by atoms with Gasteiger partial charge in [-0.05, 0) is 17.7 Å². The predicted molar refractivity (Wildman–Crippen MR) is 104 cm³/mol. The molecule has 2 N–H and O–H groups in total. The van der Waals surface area contributed by atoms with Gasteiger partial charge in [-0.15, -0.1) is 0 Å². The Labute approximate surface area is 162 Å². The maximum Gasteiger partial charge on any atom is 0.326 e. The molecule has 0 saturated heterocycles. The number of carboxylic acid groups (broad SMARTS) is 1. The number of nitrogens with zero attached hydrogens (tertiary/aromatic N) is 3. The zero-order valence-corrected chi connectivity index (χ0v) is 15.2. The highest BCUT2D eigenvalue weighted by molar-refractivity contribution is 5.92. The third-order valence-electron chi connectivity index (χ3n) is 4.88. The highest BCUT2D eigenvalue weighted by Gasteiger charge is 2.37. The average Bonchev–Trinajstić information content (AvgIpc) is 3.10. The number of imidazole rings is 1. The van der Waals surface area contributed by atoms with Crippen LogP contribution in [0.1, 0.15) is 17.0 Å². The molecule has 0 saturated carbocycles. The van der Waals surface area contributed by atoms with Gasteiger partial charge in [0.25, 0.3) is 0 Å². The number of fused-ring (bicyclic) bond motifs is 1. The number of carboxylic acids is 1. The third-order valence-corrected chi connectivity index (χ3v) is 4.88. The Balaban J connectivity index is 1.59. The lowest BCUT2D eigenvalue weighted by molar-refractivity contribution is -0.142. The normalized spacial score (nSPS) is 15.7. The number of amides is 2. The molecule has 4 rings (SSSR count). The summed E-state index contributed by atoms with van der Waals surface area (Å²) in [5, 5.41) is 12.4. The zero-order chi connectivity index (χ0) is 19.5. The van der Waals surface area contributed by atoms with Crippen LogP contribution in [-0.4, -0.2) is 37.6 Å². The van der Waals surface area contributed by atoms with Crippen LogP contribution in [0.2, 0.25) is 0 Å². The Kier molecular flexibility index (Phi) is 4.80. The Morgan fingerprint density at radius 3 is 2.43 bits per heavy atom. The maximum atomic E-state index is 12.8. The van der Waals surface area contributed by atoms with E-state index in [1.165, 1.54) is 4.90 Å². The van der Waals surface area contributed by atoms with E-state index in [4.69, 9.17) is 0 Å². The van der Waals surface area contributed by atoms with Crippen LogP contribution < -0.4 is 5.32 Å². The van der Waals surface area contributed by atoms with Gasteiger partial charge in [-0.25, -0.2) is 14.6 Å². The molecule has 1 unspecified atom stereocenters. The first-order valence-electron chi connectivity index (χ1n) is 9.04.